The van der Waals surface area contributed by atoms with Gasteiger partial charge in [0, 0.05) is 5.92 Å². The Morgan fingerprint density at radius 2 is 2.18 bits per heavy atom. The van der Waals surface area contributed by atoms with Crippen LogP contribution in [-0.4, -0.2) is 12.5 Å². The summed E-state index contributed by atoms with van der Waals surface area (Å²) >= 11 is 0. The van der Waals surface area contributed by atoms with Gasteiger partial charge in [-0.15, -0.1) is 0 Å². The van der Waals surface area contributed by atoms with Crippen molar-refractivity contribution in [2.45, 2.75) is 19.3 Å². The molecular formula is C13H17FN2O. The van der Waals surface area contributed by atoms with Gasteiger partial charge in [-0.3, -0.25) is 4.79 Å². The van der Waals surface area contributed by atoms with Gasteiger partial charge in [-0.25, -0.2) is 4.39 Å². The van der Waals surface area contributed by atoms with E-state index in [2.05, 4.69) is 5.32 Å². The molecule has 0 bridgehead atoms. The number of amides is 1. The van der Waals surface area contributed by atoms with Crippen molar-refractivity contribution in [2.75, 3.05) is 11.9 Å². The molecule has 0 saturated heterocycles. The van der Waals surface area contributed by atoms with Crippen LogP contribution >= 0.6 is 0 Å². The Labute approximate surface area is 100 Å². The van der Waals surface area contributed by atoms with E-state index in [1.54, 1.807) is 18.2 Å². The van der Waals surface area contributed by atoms with E-state index in [1.807, 2.05) is 0 Å². The molecule has 3 N–H and O–H groups in total. The highest BCUT2D eigenvalue weighted by Gasteiger charge is 2.32. The second kappa shape index (κ2) is 5.27. The monoisotopic (exact) mass is 236 g/mol. The number of rotatable bonds is 3. The second-order valence-electron chi connectivity index (χ2n) is 4.50. The summed E-state index contributed by atoms with van der Waals surface area (Å²) in [5.41, 5.74) is 5.88. The summed E-state index contributed by atoms with van der Waals surface area (Å²) in [6.07, 6.45) is 2.87. The van der Waals surface area contributed by atoms with Gasteiger partial charge in [-0.05, 0) is 37.4 Å². The summed E-state index contributed by atoms with van der Waals surface area (Å²) in [7, 11) is 0. The number of carbonyl (C=O) groups is 1. The fraction of sp³-hybridized carbons (Fsp3) is 0.462. The smallest absolute Gasteiger partial charge is 0.227 e. The van der Waals surface area contributed by atoms with Gasteiger partial charge >= 0.3 is 0 Å². The highest BCUT2D eigenvalue weighted by Crippen LogP contribution is 2.32. The molecule has 2 rings (SSSR count). The molecule has 0 spiro atoms. The first-order chi connectivity index (χ1) is 8.22. The van der Waals surface area contributed by atoms with E-state index >= 15 is 0 Å². The van der Waals surface area contributed by atoms with Crippen LogP contribution in [0.5, 0.6) is 0 Å². The van der Waals surface area contributed by atoms with Crippen LogP contribution < -0.4 is 11.1 Å². The Bertz CT molecular complexity index is 408. The lowest BCUT2D eigenvalue weighted by molar-refractivity contribution is -0.120. The van der Waals surface area contributed by atoms with E-state index < -0.39 is 5.82 Å². The molecule has 1 aromatic carbocycles. The van der Waals surface area contributed by atoms with Crippen molar-refractivity contribution in [3.8, 4) is 0 Å². The minimum Gasteiger partial charge on any atom is -0.330 e. The maximum absolute atomic E-state index is 13.4. The maximum atomic E-state index is 13.4. The van der Waals surface area contributed by atoms with Crippen LogP contribution in [0.15, 0.2) is 24.3 Å². The first-order valence-electron chi connectivity index (χ1n) is 5.98. The van der Waals surface area contributed by atoms with Crippen molar-refractivity contribution in [3.05, 3.63) is 30.1 Å². The molecule has 4 heteroatoms. The normalized spacial score (nSPS) is 23.6. The van der Waals surface area contributed by atoms with Gasteiger partial charge in [0.25, 0.3) is 0 Å². The first-order valence-corrected chi connectivity index (χ1v) is 5.98. The minimum absolute atomic E-state index is 0.0698. The Kier molecular flexibility index (Phi) is 3.74. The second-order valence-corrected chi connectivity index (χ2v) is 4.50. The van der Waals surface area contributed by atoms with E-state index in [0.29, 0.717) is 6.54 Å². The van der Waals surface area contributed by atoms with Crippen LogP contribution in [0, 0.1) is 17.7 Å². The molecule has 0 radical (unpaired) electrons. The summed E-state index contributed by atoms with van der Waals surface area (Å²) in [5, 5.41) is 2.65. The summed E-state index contributed by atoms with van der Waals surface area (Å²) in [4.78, 5) is 12.0. The van der Waals surface area contributed by atoms with Crippen molar-refractivity contribution in [1.82, 2.24) is 0 Å². The number of hydrogen-bond donors (Lipinski definition) is 2. The molecule has 0 aliphatic heterocycles. The van der Waals surface area contributed by atoms with Gasteiger partial charge in [-0.1, -0.05) is 18.6 Å². The third-order valence-corrected chi connectivity index (χ3v) is 3.43. The van der Waals surface area contributed by atoms with E-state index in [4.69, 9.17) is 5.73 Å². The Balaban J connectivity index is 2.04. The lowest BCUT2D eigenvalue weighted by Gasteiger charge is -2.17. The highest BCUT2D eigenvalue weighted by atomic mass is 19.1. The molecule has 92 valence electrons. The molecule has 1 aliphatic rings. The van der Waals surface area contributed by atoms with Crippen molar-refractivity contribution in [1.29, 1.82) is 0 Å². The molecule has 0 heterocycles. The number of nitrogens with one attached hydrogen (secondary N) is 1. The number of para-hydroxylation sites is 1. The number of carbonyl (C=O) groups excluding carboxylic acids is 1. The van der Waals surface area contributed by atoms with Gasteiger partial charge in [-0.2, -0.15) is 0 Å². The lowest BCUT2D eigenvalue weighted by atomic mass is 9.95. The van der Waals surface area contributed by atoms with E-state index in [0.717, 1.165) is 19.3 Å². The third-order valence-electron chi connectivity index (χ3n) is 3.43. The number of halogens is 1. The predicted octanol–water partition coefficient (Wildman–Crippen LogP) is 2.14. The molecule has 1 fully saturated rings. The van der Waals surface area contributed by atoms with Gasteiger partial charge in [0.15, 0.2) is 0 Å². The lowest BCUT2D eigenvalue weighted by Crippen LogP contribution is -2.30. The fourth-order valence-electron chi connectivity index (χ4n) is 2.45. The molecule has 1 saturated carbocycles. The molecule has 2 atom stereocenters. The quantitative estimate of drug-likeness (QED) is 0.844. The zero-order valence-electron chi connectivity index (χ0n) is 9.66. The Morgan fingerprint density at radius 1 is 1.41 bits per heavy atom. The highest BCUT2D eigenvalue weighted by molar-refractivity contribution is 5.93. The molecule has 17 heavy (non-hydrogen) atoms. The van der Waals surface area contributed by atoms with Crippen molar-refractivity contribution >= 4 is 11.6 Å². The minimum atomic E-state index is -0.400. The summed E-state index contributed by atoms with van der Waals surface area (Å²) in [6, 6.07) is 6.21. The average molecular weight is 236 g/mol. The topological polar surface area (TPSA) is 55.1 Å². The van der Waals surface area contributed by atoms with Crippen LogP contribution in [0.3, 0.4) is 0 Å². The van der Waals surface area contributed by atoms with E-state index in [1.165, 1.54) is 6.07 Å². The summed E-state index contributed by atoms with van der Waals surface area (Å²) in [6.45, 7) is 0.523. The van der Waals surface area contributed by atoms with Crippen LogP contribution in [-0.2, 0) is 4.79 Å². The third kappa shape index (κ3) is 2.64. The standard InChI is InChI=1S/C13H17FN2O/c14-11-6-1-2-7-12(11)16-13(17)10-5-3-4-9(10)8-15/h1-2,6-7,9-10H,3-5,8,15H2,(H,16,17). The Hall–Kier alpha value is -1.42. The van der Waals surface area contributed by atoms with Crippen molar-refractivity contribution in [3.63, 3.8) is 0 Å². The van der Waals surface area contributed by atoms with Crippen LogP contribution in [0.1, 0.15) is 19.3 Å². The Morgan fingerprint density at radius 3 is 2.88 bits per heavy atom. The molecule has 1 aromatic rings. The molecule has 2 unspecified atom stereocenters. The maximum Gasteiger partial charge on any atom is 0.227 e. The van der Waals surface area contributed by atoms with Gasteiger partial charge < -0.3 is 11.1 Å². The molecule has 3 nitrogen and oxygen atoms in total. The largest absolute Gasteiger partial charge is 0.330 e. The average Bonchev–Trinajstić information content (AvgIpc) is 2.80. The number of benzene rings is 1. The summed E-state index contributed by atoms with van der Waals surface area (Å²) in [5.74, 6) is -0.340. The molecule has 1 amide bonds. The molecule has 1 aliphatic carbocycles. The van der Waals surface area contributed by atoms with Crippen molar-refractivity contribution < 1.29 is 9.18 Å². The van der Waals surface area contributed by atoms with E-state index in [-0.39, 0.29) is 23.4 Å². The van der Waals surface area contributed by atoms with Crippen LogP contribution in [0.2, 0.25) is 0 Å². The zero-order chi connectivity index (χ0) is 12.3. The van der Waals surface area contributed by atoms with Crippen LogP contribution in [0.25, 0.3) is 0 Å². The predicted molar refractivity (Wildman–Crippen MR) is 64.9 cm³/mol. The van der Waals surface area contributed by atoms with Crippen LogP contribution in [0.4, 0.5) is 10.1 Å². The summed E-state index contributed by atoms with van der Waals surface area (Å²) < 4.78 is 13.4. The molecule has 0 aromatic heterocycles. The van der Waals surface area contributed by atoms with Gasteiger partial charge in [0.05, 0.1) is 5.69 Å². The number of nitrogens with two attached hydrogens (primary N) is 1. The van der Waals surface area contributed by atoms with E-state index in [9.17, 15) is 9.18 Å². The van der Waals surface area contributed by atoms with Gasteiger partial charge in [0.2, 0.25) is 5.91 Å². The zero-order valence-corrected chi connectivity index (χ0v) is 9.66. The fourth-order valence-corrected chi connectivity index (χ4v) is 2.45. The SMILES string of the molecule is NCC1CCCC1C(=O)Nc1ccccc1F. The number of anilines is 1. The van der Waals surface area contributed by atoms with Gasteiger partial charge in [0.1, 0.15) is 5.82 Å². The molecular weight excluding hydrogens is 219 g/mol. The number of hydrogen-bond acceptors (Lipinski definition) is 2. The van der Waals surface area contributed by atoms with Crippen molar-refractivity contribution in [2.24, 2.45) is 17.6 Å². The first kappa shape index (κ1) is 12.0.